The summed E-state index contributed by atoms with van der Waals surface area (Å²) >= 11 is 5.74. The number of halogens is 1. The number of ether oxygens (including phenoxy) is 2. The third-order valence-corrected chi connectivity index (χ3v) is 2.98. The fraction of sp³-hybridized carbons (Fsp3) is 0.500. The summed E-state index contributed by atoms with van der Waals surface area (Å²) in [6, 6.07) is 4.61. The molecule has 0 spiro atoms. The number of unbranched alkanes of at least 4 members (excludes halogenated alkanes) is 1. The number of benzene rings is 1. The molecule has 6 nitrogen and oxygen atoms in total. The molecule has 0 aliphatic rings. The molecular formula is C14H18ClNO5. The molecule has 1 aromatic rings. The third kappa shape index (κ3) is 7.06. The van der Waals surface area contributed by atoms with Gasteiger partial charge in [0.15, 0.2) is 0 Å². The van der Waals surface area contributed by atoms with Crippen LogP contribution < -0.4 is 0 Å². The standard InChI is InChI=1S/C14H18ClNO5/c1-11(17)21-8-3-2-7-20-9-6-12-4-5-13(15)10-14(12)16(18)19/h4-5,10H,2-3,6-9H2,1H3. The minimum atomic E-state index is -0.444. The van der Waals surface area contributed by atoms with Crippen LogP contribution in [0.2, 0.25) is 5.02 Å². The number of hydrogen-bond donors (Lipinski definition) is 0. The fourth-order valence-corrected chi connectivity index (χ4v) is 1.89. The first-order valence-corrected chi connectivity index (χ1v) is 7.02. The van der Waals surface area contributed by atoms with Crippen LogP contribution in [0.15, 0.2) is 18.2 Å². The molecule has 0 unspecified atom stereocenters. The van der Waals surface area contributed by atoms with Gasteiger partial charge < -0.3 is 9.47 Å². The normalized spacial score (nSPS) is 10.4. The van der Waals surface area contributed by atoms with E-state index in [0.29, 0.717) is 36.8 Å². The summed E-state index contributed by atoms with van der Waals surface area (Å²) in [4.78, 5) is 21.0. The third-order valence-electron chi connectivity index (χ3n) is 2.75. The molecule has 0 saturated carbocycles. The summed E-state index contributed by atoms with van der Waals surface area (Å²) in [5.74, 6) is -0.286. The second-order valence-corrected chi connectivity index (χ2v) is 4.88. The van der Waals surface area contributed by atoms with Gasteiger partial charge in [-0.1, -0.05) is 17.7 Å². The van der Waals surface area contributed by atoms with Crippen molar-refractivity contribution in [2.24, 2.45) is 0 Å². The van der Waals surface area contributed by atoms with E-state index in [1.807, 2.05) is 0 Å². The summed E-state index contributed by atoms with van der Waals surface area (Å²) in [5.41, 5.74) is 0.616. The first kappa shape index (κ1) is 17.4. The molecule has 0 saturated heterocycles. The SMILES string of the molecule is CC(=O)OCCCCOCCc1ccc(Cl)cc1[N+](=O)[O-]. The summed E-state index contributed by atoms with van der Waals surface area (Å²) in [6.07, 6.45) is 1.97. The Hall–Kier alpha value is -1.66. The first-order chi connectivity index (χ1) is 10.0. The van der Waals surface area contributed by atoms with Crippen LogP contribution in [0, 0.1) is 10.1 Å². The highest BCUT2D eigenvalue weighted by atomic mass is 35.5. The maximum absolute atomic E-state index is 10.9. The van der Waals surface area contributed by atoms with Crippen molar-refractivity contribution in [3.05, 3.63) is 38.9 Å². The van der Waals surface area contributed by atoms with Gasteiger partial charge in [-0.05, 0) is 18.9 Å². The molecule has 0 N–H and O–H groups in total. The molecule has 0 heterocycles. The number of rotatable bonds is 9. The zero-order valence-corrected chi connectivity index (χ0v) is 12.6. The van der Waals surface area contributed by atoms with E-state index in [2.05, 4.69) is 0 Å². The van der Waals surface area contributed by atoms with Crippen LogP contribution >= 0.6 is 11.6 Å². The molecule has 0 aromatic heterocycles. The van der Waals surface area contributed by atoms with Gasteiger partial charge in [-0.25, -0.2) is 0 Å². The molecule has 0 fully saturated rings. The molecule has 0 atom stereocenters. The molecule has 0 amide bonds. The molecule has 1 rings (SSSR count). The number of nitro benzene ring substituents is 1. The molecular weight excluding hydrogens is 298 g/mol. The van der Waals surface area contributed by atoms with Crippen molar-refractivity contribution in [1.29, 1.82) is 0 Å². The molecule has 7 heteroatoms. The number of nitro groups is 1. The number of hydrogen-bond acceptors (Lipinski definition) is 5. The van der Waals surface area contributed by atoms with E-state index in [4.69, 9.17) is 21.1 Å². The Morgan fingerprint density at radius 3 is 2.67 bits per heavy atom. The summed E-state index contributed by atoms with van der Waals surface area (Å²) in [5, 5.41) is 11.2. The van der Waals surface area contributed by atoms with Crippen LogP contribution in [0.3, 0.4) is 0 Å². The van der Waals surface area contributed by atoms with Crippen molar-refractivity contribution < 1.29 is 19.2 Å². The van der Waals surface area contributed by atoms with Crippen LogP contribution in [0.1, 0.15) is 25.3 Å². The second-order valence-electron chi connectivity index (χ2n) is 4.44. The Kier molecular flexibility index (Phi) is 7.71. The predicted molar refractivity (Wildman–Crippen MR) is 78.5 cm³/mol. The van der Waals surface area contributed by atoms with Gasteiger partial charge in [0.2, 0.25) is 0 Å². The van der Waals surface area contributed by atoms with Crippen LogP contribution in [0.25, 0.3) is 0 Å². The minimum Gasteiger partial charge on any atom is -0.466 e. The van der Waals surface area contributed by atoms with Crippen molar-refractivity contribution in [2.75, 3.05) is 19.8 Å². The Morgan fingerprint density at radius 1 is 1.29 bits per heavy atom. The van der Waals surface area contributed by atoms with E-state index in [1.165, 1.54) is 13.0 Å². The van der Waals surface area contributed by atoms with Crippen molar-refractivity contribution in [2.45, 2.75) is 26.2 Å². The lowest BCUT2D eigenvalue weighted by Crippen LogP contribution is -2.05. The Morgan fingerprint density at radius 2 is 2.00 bits per heavy atom. The Bertz CT molecular complexity index is 492. The Labute approximate surface area is 128 Å². The number of esters is 1. The molecule has 1 aromatic carbocycles. The monoisotopic (exact) mass is 315 g/mol. The maximum Gasteiger partial charge on any atom is 0.302 e. The van der Waals surface area contributed by atoms with E-state index in [-0.39, 0.29) is 11.7 Å². The number of carbonyl (C=O) groups excluding carboxylic acids is 1. The van der Waals surface area contributed by atoms with Gasteiger partial charge in [0.1, 0.15) is 0 Å². The highest BCUT2D eigenvalue weighted by Gasteiger charge is 2.13. The highest BCUT2D eigenvalue weighted by Crippen LogP contribution is 2.23. The van der Waals surface area contributed by atoms with Crippen molar-refractivity contribution in [3.8, 4) is 0 Å². The Balaban J connectivity index is 2.24. The average molecular weight is 316 g/mol. The largest absolute Gasteiger partial charge is 0.466 e. The first-order valence-electron chi connectivity index (χ1n) is 6.64. The topological polar surface area (TPSA) is 78.7 Å². The van der Waals surface area contributed by atoms with Crippen LogP contribution in [-0.4, -0.2) is 30.7 Å². The van der Waals surface area contributed by atoms with Crippen molar-refractivity contribution in [1.82, 2.24) is 0 Å². The van der Waals surface area contributed by atoms with Crippen molar-refractivity contribution in [3.63, 3.8) is 0 Å². The van der Waals surface area contributed by atoms with E-state index in [1.54, 1.807) is 12.1 Å². The zero-order chi connectivity index (χ0) is 15.7. The van der Waals surface area contributed by atoms with Crippen LogP contribution in [0.5, 0.6) is 0 Å². The van der Waals surface area contributed by atoms with Gasteiger partial charge in [0.25, 0.3) is 5.69 Å². The van der Waals surface area contributed by atoms with Gasteiger partial charge >= 0.3 is 5.97 Å². The highest BCUT2D eigenvalue weighted by molar-refractivity contribution is 6.30. The summed E-state index contributed by atoms with van der Waals surface area (Å²) < 4.78 is 10.2. The second kappa shape index (κ2) is 9.31. The van der Waals surface area contributed by atoms with Gasteiger partial charge in [0, 0.05) is 36.6 Å². The lowest BCUT2D eigenvalue weighted by molar-refractivity contribution is -0.385. The lowest BCUT2D eigenvalue weighted by atomic mass is 10.1. The molecule has 116 valence electrons. The van der Waals surface area contributed by atoms with E-state index in [0.717, 1.165) is 12.8 Å². The van der Waals surface area contributed by atoms with E-state index >= 15 is 0 Å². The van der Waals surface area contributed by atoms with Gasteiger partial charge in [-0.2, -0.15) is 0 Å². The van der Waals surface area contributed by atoms with Crippen molar-refractivity contribution >= 4 is 23.3 Å². The summed E-state index contributed by atoms with van der Waals surface area (Å²) in [6.45, 7) is 2.69. The molecule has 21 heavy (non-hydrogen) atoms. The van der Waals surface area contributed by atoms with Gasteiger partial charge in [-0.3, -0.25) is 14.9 Å². The molecule has 0 aliphatic heterocycles. The maximum atomic E-state index is 10.9. The predicted octanol–water partition coefficient (Wildman–Crippen LogP) is 3.15. The average Bonchev–Trinajstić information content (AvgIpc) is 2.42. The van der Waals surface area contributed by atoms with Crippen LogP contribution in [-0.2, 0) is 20.7 Å². The van der Waals surface area contributed by atoms with E-state index in [9.17, 15) is 14.9 Å². The lowest BCUT2D eigenvalue weighted by Gasteiger charge is -2.06. The molecule has 0 aliphatic carbocycles. The number of nitrogens with zero attached hydrogens (tertiary/aromatic N) is 1. The number of carbonyl (C=O) groups is 1. The quantitative estimate of drug-likeness (QED) is 0.303. The van der Waals surface area contributed by atoms with Gasteiger partial charge in [0.05, 0.1) is 18.1 Å². The smallest absolute Gasteiger partial charge is 0.302 e. The minimum absolute atomic E-state index is 0.0148. The van der Waals surface area contributed by atoms with E-state index < -0.39 is 4.92 Å². The van der Waals surface area contributed by atoms with Crippen LogP contribution in [0.4, 0.5) is 5.69 Å². The molecule has 0 radical (unpaired) electrons. The van der Waals surface area contributed by atoms with Gasteiger partial charge in [-0.15, -0.1) is 0 Å². The molecule has 0 bridgehead atoms. The zero-order valence-electron chi connectivity index (χ0n) is 11.8. The fourth-order valence-electron chi connectivity index (χ4n) is 1.72. The summed E-state index contributed by atoms with van der Waals surface area (Å²) in [7, 11) is 0.